The molecule has 1 aromatic carbocycles. The van der Waals surface area contributed by atoms with Gasteiger partial charge in [0, 0.05) is 30.0 Å². The van der Waals surface area contributed by atoms with Crippen molar-refractivity contribution in [1.82, 2.24) is 4.90 Å². The molecule has 0 saturated carbocycles. The first-order valence-corrected chi connectivity index (χ1v) is 11.7. The van der Waals surface area contributed by atoms with Gasteiger partial charge in [0.25, 0.3) is 0 Å². The molecule has 31 heavy (non-hydrogen) atoms. The largest absolute Gasteiger partial charge is 0.461 e. The average Bonchev–Trinajstić information content (AvgIpc) is 3.56. The Morgan fingerprint density at radius 3 is 2.23 bits per heavy atom. The van der Waals surface area contributed by atoms with E-state index in [-0.39, 0.29) is 5.82 Å². The molecule has 0 aliphatic heterocycles. The molecule has 0 amide bonds. The molecule has 4 rings (SSSR count). The topological polar surface area (TPSA) is 45.8 Å². The molecule has 3 heterocycles. The van der Waals surface area contributed by atoms with Crippen molar-refractivity contribution >= 4 is 22.7 Å². The van der Waals surface area contributed by atoms with Crippen molar-refractivity contribution in [1.29, 1.82) is 0 Å². The fourth-order valence-electron chi connectivity index (χ4n) is 3.49. The molecule has 0 aliphatic carbocycles. The quantitative estimate of drug-likeness (QED) is 0.343. The van der Waals surface area contributed by atoms with E-state index in [0.29, 0.717) is 32.0 Å². The standard InChI is InChI=1S/C24H24FNO3S2/c1-28-13-12-26(16-18-6-8-19(25)9-7-18)17-20-10-11-21(29-20)24(27,22-4-2-14-30-22)23-5-3-15-31-23/h2-11,14-15,27H,12-13,16-17H2,1H3. The number of ether oxygens (including phenoxy) is 1. The normalized spacial score (nSPS) is 12.0. The van der Waals surface area contributed by atoms with Crippen LogP contribution in [-0.2, 0) is 23.4 Å². The smallest absolute Gasteiger partial charge is 0.191 e. The summed E-state index contributed by atoms with van der Waals surface area (Å²) in [7, 11) is 1.67. The van der Waals surface area contributed by atoms with Gasteiger partial charge in [0.2, 0.25) is 0 Å². The number of nitrogens with zero attached hydrogens (tertiary/aromatic N) is 1. The third-order valence-electron chi connectivity index (χ3n) is 5.08. The summed E-state index contributed by atoms with van der Waals surface area (Å²) in [6, 6.07) is 18.0. The molecule has 0 saturated heterocycles. The van der Waals surface area contributed by atoms with Crippen LogP contribution in [0, 0.1) is 5.82 Å². The zero-order valence-electron chi connectivity index (χ0n) is 17.2. The summed E-state index contributed by atoms with van der Waals surface area (Å²) in [6.45, 7) is 2.46. The third-order valence-corrected chi connectivity index (χ3v) is 7.04. The van der Waals surface area contributed by atoms with Crippen molar-refractivity contribution in [2.45, 2.75) is 18.7 Å². The Morgan fingerprint density at radius 1 is 0.968 bits per heavy atom. The molecule has 1 N–H and O–H groups in total. The summed E-state index contributed by atoms with van der Waals surface area (Å²) in [5.41, 5.74) is -0.299. The van der Waals surface area contributed by atoms with Crippen molar-refractivity contribution in [2.75, 3.05) is 20.3 Å². The van der Waals surface area contributed by atoms with Crippen LogP contribution in [0.1, 0.15) is 26.8 Å². The van der Waals surface area contributed by atoms with Crippen molar-refractivity contribution in [2.24, 2.45) is 0 Å². The molecule has 4 aromatic rings. The fraction of sp³-hybridized carbons (Fsp3) is 0.250. The van der Waals surface area contributed by atoms with Crippen molar-refractivity contribution < 1.29 is 18.7 Å². The molecule has 0 bridgehead atoms. The van der Waals surface area contributed by atoms with Crippen LogP contribution >= 0.6 is 22.7 Å². The van der Waals surface area contributed by atoms with Gasteiger partial charge in [-0.15, -0.1) is 22.7 Å². The summed E-state index contributed by atoms with van der Waals surface area (Å²) in [5.74, 6) is 1.00. The van der Waals surface area contributed by atoms with Gasteiger partial charge in [-0.25, -0.2) is 4.39 Å². The molecular weight excluding hydrogens is 433 g/mol. The Labute approximate surface area is 189 Å². The third kappa shape index (κ3) is 4.97. The first kappa shape index (κ1) is 21.9. The van der Waals surface area contributed by atoms with E-state index in [1.165, 1.54) is 34.8 Å². The molecule has 0 radical (unpaired) electrons. The number of rotatable bonds is 10. The highest BCUT2D eigenvalue weighted by Crippen LogP contribution is 2.41. The van der Waals surface area contributed by atoms with Crippen LogP contribution in [0.3, 0.4) is 0 Å². The number of hydrogen-bond donors (Lipinski definition) is 1. The lowest BCUT2D eigenvalue weighted by molar-refractivity contribution is 0.0997. The molecule has 0 atom stereocenters. The van der Waals surface area contributed by atoms with Gasteiger partial charge in [-0.3, -0.25) is 4.90 Å². The minimum absolute atomic E-state index is 0.246. The minimum Gasteiger partial charge on any atom is -0.461 e. The lowest BCUT2D eigenvalue weighted by Crippen LogP contribution is -2.27. The van der Waals surface area contributed by atoms with Gasteiger partial charge >= 0.3 is 0 Å². The minimum atomic E-state index is -1.31. The maximum atomic E-state index is 13.3. The summed E-state index contributed by atoms with van der Waals surface area (Å²) in [5, 5.41) is 15.6. The highest BCUT2D eigenvalue weighted by Gasteiger charge is 2.39. The highest BCUT2D eigenvalue weighted by molar-refractivity contribution is 7.11. The number of aliphatic hydroxyl groups is 1. The predicted molar refractivity (Wildman–Crippen MR) is 122 cm³/mol. The van der Waals surface area contributed by atoms with E-state index in [4.69, 9.17) is 9.15 Å². The molecule has 0 fully saturated rings. The van der Waals surface area contributed by atoms with Gasteiger partial charge in [-0.2, -0.15) is 0 Å². The van der Waals surface area contributed by atoms with E-state index >= 15 is 0 Å². The SMILES string of the molecule is COCCN(Cc1ccc(F)cc1)Cc1ccc(C(O)(c2cccs2)c2cccs2)o1. The van der Waals surface area contributed by atoms with Gasteiger partial charge in [0.15, 0.2) is 5.60 Å². The predicted octanol–water partition coefficient (Wildman–Crippen LogP) is 5.47. The molecular formula is C24H24FNO3S2. The molecule has 162 valence electrons. The highest BCUT2D eigenvalue weighted by atomic mass is 32.1. The van der Waals surface area contributed by atoms with Gasteiger partial charge in [0.05, 0.1) is 13.2 Å². The van der Waals surface area contributed by atoms with Crippen molar-refractivity contribution in [3.63, 3.8) is 0 Å². The number of thiophene rings is 2. The van der Waals surface area contributed by atoms with Gasteiger partial charge in [-0.1, -0.05) is 24.3 Å². The van der Waals surface area contributed by atoms with Crippen molar-refractivity contribution in [3.05, 3.63) is 104 Å². The van der Waals surface area contributed by atoms with E-state index in [1.807, 2.05) is 47.2 Å². The summed E-state index contributed by atoms with van der Waals surface area (Å²) in [4.78, 5) is 3.81. The first-order valence-electron chi connectivity index (χ1n) is 9.95. The average molecular weight is 458 g/mol. The molecule has 0 unspecified atom stereocenters. The monoisotopic (exact) mass is 457 g/mol. The molecule has 0 aliphatic rings. The van der Waals surface area contributed by atoms with Crippen LogP contribution in [0.5, 0.6) is 0 Å². The Balaban J connectivity index is 1.57. The van der Waals surface area contributed by atoms with Crippen LogP contribution in [-0.4, -0.2) is 30.3 Å². The number of hydrogen-bond acceptors (Lipinski definition) is 6. The lowest BCUT2D eigenvalue weighted by atomic mass is 9.97. The number of halogens is 1. The maximum Gasteiger partial charge on any atom is 0.191 e. The van der Waals surface area contributed by atoms with E-state index < -0.39 is 5.60 Å². The number of methoxy groups -OCH3 is 1. The molecule has 7 heteroatoms. The second-order valence-corrected chi connectivity index (χ2v) is 9.16. The maximum absolute atomic E-state index is 13.3. The molecule has 0 spiro atoms. The summed E-state index contributed by atoms with van der Waals surface area (Å²) in [6.07, 6.45) is 0. The van der Waals surface area contributed by atoms with Crippen LogP contribution in [0.2, 0.25) is 0 Å². The zero-order valence-corrected chi connectivity index (χ0v) is 18.8. The van der Waals surface area contributed by atoms with Crippen LogP contribution in [0.4, 0.5) is 4.39 Å². The van der Waals surface area contributed by atoms with Crippen LogP contribution in [0.15, 0.2) is 75.8 Å². The van der Waals surface area contributed by atoms with Gasteiger partial charge < -0.3 is 14.3 Å². The lowest BCUT2D eigenvalue weighted by Gasteiger charge is -2.24. The second-order valence-electron chi connectivity index (χ2n) is 7.26. The summed E-state index contributed by atoms with van der Waals surface area (Å²) >= 11 is 3.00. The van der Waals surface area contributed by atoms with Crippen LogP contribution < -0.4 is 0 Å². The van der Waals surface area contributed by atoms with Gasteiger partial charge in [-0.05, 0) is 52.7 Å². The Morgan fingerprint density at radius 2 is 1.65 bits per heavy atom. The van der Waals surface area contributed by atoms with E-state index in [9.17, 15) is 9.50 Å². The Hall–Kier alpha value is -2.29. The Bertz CT molecular complexity index is 1020. The Kier molecular flexibility index (Phi) is 6.99. The van der Waals surface area contributed by atoms with Crippen molar-refractivity contribution in [3.8, 4) is 0 Å². The molecule has 4 nitrogen and oxygen atoms in total. The first-order chi connectivity index (χ1) is 15.1. The van der Waals surface area contributed by atoms with E-state index in [2.05, 4.69) is 4.90 Å². The van der Waals surface area contributed by atoms with Crippen LogP contribution in [0.25, 0.3) is 0 Å². The second kappa shape index (κ2) is 9.89. The van der Waals surface area contributed by atoms with E-state index in [1.54, 1.807) is 19.2 Å². The zero-order chi connectivity index (χ0) is 21.7. The number of benzene rings is 1. The summed E-state index contributed by atoms with van der Waals surface area (Å²) < 4.78 is 24.7. The number of furan rings is 1. The molecule has 3 aromatic heterocycles. The van der Waals surface area contributed by atoms with Gasteiger partial charge in [0.1, 0.15) is 17.3 Å². The van der Waals surface area contributed by atoms with E-state index in [0.717, 1.165) is 21.1 Å². The fourth-order valence-corrected chi connectivity index (χ4v) is 5.24.